The smallest absolute Gasteiger partial charge is 0.323 e. The van der Waals surface area contributed by atoms with Crippen LogP contribution in [0.25, 0.3) is 0 Å². The van der Waals surface area contributed by atoms with Crippen molar-refractivity contribution in [2.45, 2.75) is 77.6 Å². The van der Waals surface area contributed by atoms with Gasteiger partial charge in [0.25, 0.3) is 5.91 Å². The Labute approximate surface area is 251 Å². The molecule has 224 valence electrons. The van der Waals surface area contributed by atoms with Crippen molar-refractivity contribution in [1.82, 2.24) is 14.9 Å². The number of likely N-dealkylation sites (N-methyl/N-ethyl adjacent to an activating group) is 1. The van der Waals surface area contributed by atoms with E-state index >= 15 is 0 Å². The highest BCUT2D eigenvalue weighted by molar-refractivity contribution is 5.96. The molecule has 7 nitrogen and oxygen atoms in total. The van der Waals surface area contributed by atoms with Gasteiger partial charge >= 0.3 is 5.97 Å². The van der Waals surface area contributed by atoms with Crippen molar-refractivity contribution >= 4 is 17.8 Å². The first-order chi connectivity index (χ1) is 20.1. The monoisotopic (exact) mass is 570 g/mol. The van der Waals surface area contributed by atoms with Crippen LogP contribution in [0, 0.1) is 5.92 Å². The summed E-state index contributed by atoms with van der Waals surface area (Å²) in [6.45, 7) is 7.48. The van der Waals surface area contributed by atoms with Gasteiger partial charge in [0.1, 0.15) is 6.54 Å². The fourth-order valence-electron chi connectivity index (χ4n) is 5.67. The maximum atomic E-state index is 13.9. The van der Waals surface area contributed by atoms with Crippen LogP contribution in [0.1, 0.15) is 85.6 Å². The highest BCUT2D eigenvalue weighted by Gasteiger charge is 2.27. The van der Waals surface area contributed by atoms with Gasteiger partial charge in [0.15, 0.2) is 0 Å². The lowest BCUT2D eigenvalue weighted by Crippen LogP contribution is -2.40. The van der Waals surface area contributed by atoms with E-state index in [1.54, 1.807) is 6.20 Å². The first kappa shape index (κ1) is 31.2. The maximum absolute atomic E-state index is 13.9. The Kier molecular flexibility index (Phi) is 10.7. The van der Waals surface area contributed by atoms with Crippen LogP contribution in [0.15, 0.2) is 60.8 Å². The Morgan fingerprint density at radius 2 is 1.57 bits per heavy atom. The molecule has 1 fully saturated rings. The quantitative estimate of drug-likeness (QED) is 0.273. The molecule has 0 atom stereocenters. The minimum Gasteiger partial charge on any atom is -0.480 e. The number of aromatic nitrogens is 2. The molecule has 42 heavy (non-hydrogen) atoms. The van der Waals surface area contributed by atoms with Crippen LogP contribution >= 0.6 is 0 Å². The number of aliphatic carboxylic acids is 1. The number of nitrogens with zero attached hydrogens (tertiary/aromatic N) is 4. The number of aryl methyl sites for hydroxylation is 2. The summed E-state index contributed by atoms with van der Waals surface area (Å²) in [5.74, 6) is -0.397. The highest BCUT2D eigenvalue weighted by Crippen LogP contribution is 2.26. The molecule has 1 amide bonds. The van der Waals surface area contributed by atoms with Gasteiger partial charge in [-0.3, -0.25) is 9.59 Å². The van der Waals surface area contributed by atoms with Crippen molar-refractivity contribution in [2.75, 3.05) is 31.6 Å². The van der Waals surface area contributed by atoms with E-state index in [-0.39, 0.29) is 17.9 Å². The van der Waals surface area contributed by atoms with Crippen LogP contribution in [0.5, 0.6) is 0 Å². The molecule has 0 bridgehead atoms. The van der Waals surface area contributed by atoms with Gasteiger partial charge in [0.05, 0.1) is 11.3 Å². The fourth-order valence-corrected chi connectivity index (χ4v) is 5.67. The number of carboxylic acid groups (broad SMARTS) is 1. The lowest BCUT2D eigenvalue weighted by Gasteiger charge is -2.29. The minimum absolute atomic E-state index is 0.0793. The number of carbonyl (C=O) groups is 2. The molecule has 1 aliphatic carbocycles. The van der Waals surface area contributed by atoms with Crippen molar-refractivity contribution in [2.24, 2.45) is 5.92 Å². The lowest BCUT2D eigenvalue weighted by molar-refractivity contribution is -0.137. The molecule has 3 aromatic rings. The first-order valence-electron chi connectivity index (χ1n) is 15.3. The van der Waals surface area contributed by atoms with Gasteiger partial charge in [-0.05, 0) is 60.1 Å². The van der Waals surface area contributed by atoms with Crippen LogP contribution < -0.4 is 4.90 Å². The number of hydrogen-bond acceptors (Lipinski definition) is 5. The number of carbonyl (C=O) groups excluding carboxylic acids is 1. The Balaban J connectivity index is 1.58. The highest BCUT2D eigenvalue weighted by atomic mass is 16.4. The predicted molar refractivity (Wildman–Crippen MR) is 168 cm³/mol. The molecule has 4 rings (SSSR count). The average molecular weight is 571 g/mol. The van der Waals surface area contributed by atoms with E-state index < -0.39 is 5.97 Å². The molecule has 0 aliphatic heterocycles. The second-order valence-electron chi connectivity index (χ2n) is 12.7. The van der Waals surface area contributed by atoms with E-state index in [2.05, 4.69) is 62.2 Å². The number of hydrogen-bond donors (Lipinski definition) is 1. The van der Waals surface area contributed by atoms with Gasteiger partial charge in [-0.15, -0.1) is 0 Å². The van der Waals surface area contributed by atoms with E-state index in [4.69, 9.17) is 4.98 Å². The van der Waals surface area contributed by atoms with Crippen LogP contribution in [-0.4, -0.2) is 58.5 Å². The third-order valence-corrected chi connectivity index (χ3v) is 8.29. The lowest BCUT2D eigenvalue weighted by atomic mass is 9.86. The number of anilines is 1. The third kappa shape index (κ3) is 8.88. The van der Waals surface area contributed by atoms with Crippen LogP contribution in [0.3, 0.4) is 0 Å². The first-order valence-corrected chi connectivity index (χ1v) is 15.3. The van der Waals surface area contributed by atoms with Gasteiger partial charge in [-0.2, -0.15) is 0 Å². The second-order valence-corrected chi connectivity index (χ2v) is 12.7. The van der Waals surface area contributed by atoms with E-state index in [0.717, 1.165) is 45.1 Å². The van der Waals surface area contributed by atoms with Crippen molar-refractivity contribution in [3.63, 3.8) is 0 Å². The van der Waals surface area contributed by atoms with Gasteiger partial charge in [0, 0.05) is 26.3 Å². The van der Waals surface area contributed by atoms with E-state index in [0.29, 0.717) is 36.1 Å². The maximum Gasteiger partial charge on any atom is 0.323 e. The molecule has 1 aromatic heterocycles. The molecular formula is C35H46N4O3. The minimum atomic E-state index is -1.00. The Bertz CT molecular complexity index is 1310. The van der Waals surface area contributed by atoms with Crippen LogP contribution in [0.2, 0.25) is 0 Å². The zero-order valence-electron chi connectivity index (χ0n) is 25.7. The van der Waals surface area contributed by atoms with Crippen molar-refractivity contribution in [1.29, 1.82) is 0 Å². The summed E-state index contributed by atoms with van der Waals surface area (Å²) in [7, 11) is 1.97. The van der Waals surface area contributed by atoms with E-state index in [1.165, 1.54) is 28.0 Å². The van der Waals surface area contributed by atoms with E-state index in [1.807, 2.05) is 30.1 Å². The standard InChI is InChI=1S/C35H46N4O3/c1-35(2,3)29-18-15-27(16-19-29)17-20-31-30(33(42)39(25-32(40)41)24-28-13-9-6-10-14-28)23-36-34(37-31)38(4)22-21-26-11-7-5-8-12-26/h5,7-8,11-12,15-16,18-19,23,28H,6,9-10,13-14,17,20-22,24-25H2,1-4H3,(H,40,41). The van der Waals surface area contributed by atoms with Gasteiger partial charge < -0.3 is 14.9 Å². The molecule has 1 N–H and O–H groups in total. The normalized spacial score (nSPS) is 14.0. The molecule has 1 saturated carbocycles. The Morgan fingerprint density at radius 3 is 2.21 bits per heavy atom. The average Bonchev–Trinajstić information content (AvgIpc) is 2.98. The predicted octanol–water partition coefficient (Wildman–Crippen LogP) is 6.35. The van der Waals surface area contributed by atoms with Gasteiger partial charge in [-0.1, -0.05) is 94.6 Å². The summed E-state index contributed by atoms with van der Waals surface area (Å²) in [5.41, 5.74) is 4.83. The molecule has 0 radical (unpaired) electrons. The molecule has 0 spiro atoms. The van der Waals surface area contributed by atoms with Gasteiger partial charge in [0.2, 0.25) is 5.95 Å². The Morgan fingerprint density at radius 1 is 0.905 bits per heavy atom. The zero-order chi connectivity index (χ0) is 30.1. The summed E-state index contributed by atoms with van der Waals surface area (Å²) in [5, 5.41) is 9.65. The summed E-state index contributed by atoms with van der Waals surface area (Å²) < 4.78 is 0. The topological polar surface area (TPSA) is 86.6 Å². The third-order valence-electron chi connectivity index (χ3n) is 8.29. The largest absolute Gasteiger partial charge is 0.480 e. The fraction of sp³-hybridized carbons (Fsp3) is 0.486. The molecule has 1 aliphatic rings. The number of benzene rings is 2. The molecule has 7 heteroatoms. The van der Waals surface area contributed by atoms with Crippen LogP contribution in [-0.2, 0) is 29.5 Å². The molecule has 1 heterocycles. The number of rotatable bonds is 12. The molecule has 0 saturated heterocycles. The summed E-state index contributed by atoms with van der Waals surface area (Å²) in [4.78, 5) is 38.7. The SMILES string of the molecule is CN(CCc1ccccc1)c1ncc(C(=O)N(CC(=O)O)CC2CCCCC2)c(CCc2ccc(C(C)(C)C)cc2)n1. The van der Waals surface area contributed by atoms with Crippen molar-refractivity contribution in [3.8, 4) is 0 Å². The summed E-state index contributed by atoms with van der Waals surface area (Å²) in [6, 6.07) is 18.9. The number of carboxylic acids is 1. The summed E-state index contributed by atoms with van der Waals surface area (Å²) >= 11 is 0. The second kappa shape index (κ2) is 14.4. The Hall–Kier alpha value is -3.74. The van der Waals surface area contributed by atoms with Crippen molar-refractivity contribution < 1.29 is 14.7 Å². The van der Waals surface area contributed by atoms with Crippen LogP contribution in [0.4, 0.5) is 5.95 Å². The summed E-state index contributed by atoms with van der Waals surface area (Å²) in [6.07, 6.45) is 9.27. The molecule has 0 unspecified atom stereocenters. The number of amides is 1. The molecular weight excluding hydrogens is 524 g/mol. The molecule has 2 aromatic carbocycles. The van der Waals surface area contributed by atoms with Gasteiger partial charge in [-0.25, -0.2) is 9.97 Å². The van der Waals surface area contributed by atoms with Crippen molar-refractivity contribution in [3.05, 3.63) is 88.7 Å². The zero-order valence-corrected chi connectivity index (χ0v) is 25.7. The van der Waals surface area contributed by atoms with E-state index in [9.17, 15) is 14.7 Å².